The number of carbonyl (C=O) groups excluding carboxylic acids is 1. The fraction of sp³-hybridized carbons (Fsp3) is 0.188. The van der Waals surface area contributed by atoms with E-state index in [1.165, 1.54) is 6.07 Å². The molecule has 3 N–H and O–H groups in total. The summed E-state index contributed by atoms with van der Waals surface area (Å²) in [4.78, 5) is 11.2. The van der Waals surface area contributed by atoms with E-state index in [9.17, 15) is 31.9 Å². The molecule has 10 heteroatoms. The average molecular weight is 392 g/mol. The highest BCUT2D eigenvalue weighted by Gasteiger charge is 2.62. The normalized spacial score (nSPS) is 20.8. The Morgan fingerprint density at radius 2 is 1.92 bits per heavy atom. The summed E-state index contributed by atoms with van der Waals surface area (Å²) in [5.74, 6) is -6.07. The fourth-order valence-corrected chi connectivity index (χ4v) is 2.74. The van der Waals surface area contributed by atoms with Gasteiger partial charge in [0.1, 0.15) is 17.4 Å². The summed E-state index contributed by atoms with van der Waals surface area (Å²) in [6.07, 6.45) is -7.77. The second-order valence-electron chi connectivity index (χ2n) is 5.41. The molecule has 1 aromatic rings. The molecule has 0 aromatic heterocycles. The minimum atomic E-state index is -5.12. The highest BCUT2D eigenvalue weighted by molar-refractivity contribution is 6.31. The first-order valence-corrected chi connectivity index (χ1v) is 7.23. The Morgan fingerprint density at radius 3 is 2.50 bits per heavy atom. The molecule has 0 radical (unpaired) electrons. The Kier molecular flexibility index (Phi) is 4.01. The van der Waals surface area contributed by atoms with Crippen LogP contribution >= 0.6 is 11.6 Å². The summed E-state index contributed by atoms with van der Waals surface area (Å²) in [7, 11) is 0. The average Bonchev–Trinajstić information content (AvgIpc) is 2.52. The first-order chi connectivity index (χ1) is 11.9. The zero-order chi connectivity index (χ0) is 19.4. The van der Waals surface area contributed by atoms with Gasteiger partial charge in [0, 0.05) is 16.2 Å². The molecule has 0 bridgehead atoms. The van der Waals surface area contributed by atoms with Gasteiger partial charge in [0.25, 0.3) is 0 Å². The van der Waals surface area contributed by atoms with Gasteiger partial charge in [-0.25, -0.2) is 0 Å². The summed E-state index contributed by atoms with van der Waals surface area (Å²) < 4.78 is 72.1. The van der Waals surface area contributed by atoms with E-state index in [1.807, 2.05) is 11.5 Å². The monoisotopic (exact) mass is 391 g/mol. The fourth-order valence-electron chi connectivity index (χ4n) is 2.51. The van der Waals surface area contributed by atoms with Crippen LogP contribution in [0.25, 0.3) is 0 Å². The smallest absolute Gasteiger partial charge is 0.421 e. The van der Waals surface area contributed by atoms with Crippen molar-refractivity contribution in [2.24, 2.45) is 5.73 Å². The molecule has 1 unspecified atom stereocenters. The molecule has 0 spiro atoms. The van der Waals surface area contributed by atoms with Crippen molar-refractivity contribution in [1.82, 2.24) is 0 Å². The Bertz CT molecular complexity index is 967. The third kappa shape index (κ3) is 2.81. The van der Waals surface area contributed by atoms with E-state index < -0.39 is 46.6 Å². The number of benzene rings is 1. The number of rotatable bonds is 3. The van der Waals surface area contributed by atoms with Gasteiger partial charge < -0.3 is 15.6 Å². The van der Waals surface area contributed by atoms with Crippen LogP contribution in [0.2, 0.25) is 5.02 Å². The summed E-state index contributed by atoms with van der Waals surface area (Å²) >= 11 is 5.75. The van der Waals surface area contributed by atoms with Crippen molar-refractivity contribution in [3.8, 4) is 5.75 Å². The van der Waals surface area contributed by atoms with E-state index in [0.29, 0.717) is 0 Å². The molecule has 1 atom stereocenters. The number of amides is 1. The maximum atomic E-state index is 13.5. The molecule has 1 saturated carbocycles. The van der Waals surface area contributed by atoms with E-state index in [1.54, 1.807) is 0 Å². The second-order valence-corrected chi connectivity index (χ2v) is 5.84. The molecule has 2 aliphatic rings. The Morgan fingerprint density at radius 1 is 1.27 bits per heavy atom. The van der Waals surface area contributed by atoms with Crippen molar-refractivity contribution < 1.29 is 36.6 Å². The molecule has 1 aromatic carbocycles. The lowest BCUT2D eigenvalue weighted by Gasteiger charge is -2.39. The quantitative estimate of drug-likeness (QED) is 0.613. The summed E-state index contributed by atoms with van der Waals surface area (Å²) in [6, 6.07) is 3.28. The van der Waals surface area contributed by atoms with Crippen molar-refractivity contribution in [3.05, 3.63) is 62.7 Å². The first-order valence-electron chi connectivity index (χ1n) is 6.85. The lowest BCUT2D eigenvalue weighted by molar-refractivity contribution is -0.112. The number of nitrogens with two attached hydrogens (primary N) is 1. The van der Waals surface area contributed by atoms with E-state index in [4.69, 9.17) is 22.1 Å². The van der Waals surface area contributed by atoms with Crippen molar-refractivity contribution in [3.63, 3.8) is 0 Å². The number of alkyl halides is 5. The van der Waals surface area contributed by atoms with Crippen LogP contribution in [0.15, 0.2) is 52.1 Å². The number of ether oxygens (including phenoxy) is 1. The Hall–Kier alpha value is -2.57. The number of halogens is 6. The standard InChI is InChI=1S/C16H7ClF5NO3/c17-7-3-6(14(23)25)4-8(5-7)26-10-2-1-9-11(12(10)16(20,21)22)13(24)15(9,18)19/h3-5,13,24H,(H2,23,25). The minimum Gasteiger partial charge on any atom is -0.448 e. The van der Waals surface area contributed by atoms with Gasteiger partial charge in [0.15, 0.2) is 5.76 Å². The Labute approximate surface area is 147 Å². The molecule has 0 saturated heterocycles. The Balaban J connectivity index is 2.12. The van der Waals surface area contributed by atoms with Crippen LogP contribution in [0, 0.1) is 0 Å². The van der Waals surface area contributed by atoms with Crippen LogP contribution in [-0.4, -0.2) is 29.2 Å². The summed E-state index contributed by atoms with van der Waals surface area (Å²) in [5, 5.41) is 9.35. The molecule has 4 nitrogen and oxygen atoms in total. The first kappa shape index (κ1) is 18.2. The molecule has 1 amide bonds. The van der Waals surface area contributed by atoms with Crippen molar-refractivity contribution in [2.75, 3.05) is 0 Å². The van der Waals surface area contributed by atoms with Crippen LogP contribution in [0.1, 0.15) is 10.4 Å². The van der Waals surface area contributed by atoms with E-state index in [0.717, 1.165) is 12.1 Å². The topological polar surface area (TPSA) is 72.6 Å². The highest BCUT2D eigenvalue weighted by Crippen LogP contribution is 2.53. The molecule has 3 rings (SSSR count). The SMILES string of the molecule is NC(=O)c1cc(Cl)cc(OC2=C=C=C3C(=C2C(F)(F)F)C(O)C3(F)F)c1. The predicted molar refractivity (Wildman–Crippen MR) is 78.7 cm³/mol. The van der Waals surface area contributed by atoms with Gasteiger partial charge >= 0.3 is 12.1 Å². The molecular weight excluding hydrogens is 385 g/mol. The van der Waals surface area contributed by atoms with Gasteiger partial charge in [0.05, 0.1) is 5.57 Å². The van der Waals surface area contributed by atoms with Crippen LogP contribution in [-0.2, 0) is 0 Å². The van der Waals surface area contributed by atoms with Crippen molar-refractivity contribution in [2.45, 2.75) is 18.2 Å². The zero-order valence-electron chi connectivity index (χ0n) is 12.4. The number of allylic oxidation sites excluding steroid dienone is 1. The molecule has 26 heavy (non-hydrogen) atoms. The molecule has 0 heterocycles. The number of carbonyl (C=O) groups is 1. The minimum absolute atomic E-state index is 0.0515. The number of aliphatic hydroxyl groups excluding tert-OH is 1. The number of primary amides is 1. The maximum absolute atomic E-state index is 13.5. The second kappa shape index (κ2) is 5.72. The number of hydrogen-bond donors (Lipinski definition) is 2. The van der Waals surface area contributed by atoms with Crippen molar-refractivity contribution >= 4 is 17.5 Å². The third-order valence-electron chi connectivity index (χ3n) is 3.68. The summed E-state index contributed by atoms with van der Waals surface area (Å²) in [6.45, 7) is 0. The van der Waals surface area contributed by atoms with Crippen LogP contribution in [0.3, 0.4) is 0 Å². The molecular formula is C16H7ClF5NO3. The van der Waals surface area contributed by atoms with Gasteiger partial charge in [-0.3, -0.25) is 4.79 Å². The molecule has 0 aliphatic heterocycles. The summed E-state index contributed by atoms with van der Waals surface area (Å²) in [5.41, 5.74) is 4.95. The number of hydrogen-bond acceptors (Lipinski definition) is 3. The van der Waals surface area contributed by atoms with Gasteiger partial charge in [-0.1, -0.05) is 17.3 Å². The van der Waals surface area contributed by atoms with E-state index >= 15 is 0 Å². The van der Waals surface area contributed by atoms with Crippen LogP contribution in [0.5, 0.6) is 5.75 Å². The highest BCUT2D eigenvalue weighted by atomic mass is 35.5. The zero-order valence-corrected chi connectivity index (χ0v) is 13.2. The van der Waals surface area contributed by atoms with Gasteiger partial charge in [-0.15, -0.1) is 0 Å². The number of fused-ring (bicyclic) bond motifs is 1. The molecule has 136 valence electrons. The molecule has 2 aliphatic carbocycles. The van der Waals surface area contributed by atoms with Gasteiger partial charge in [0.2, 0.25) is 5.91 Å². The molecule has 1 fully saturated rings. The van der Waals surface area contributed by atoms with E-state index in [2.05, 4.69) is 0 Å². The van der Waals surface area contributed by atoms with E-state index in [-0.39, 0.29) is 16.3 Å². The number of aliphatic hydroxyl groups is 1. The lowest BCUT2D eigenvalue weighted by atomic mass is 9.74. The lowest BCUT2D eigenvalue weighted by Crippen LogP contribution is -2.51. The third-order valence-corrected chi connectivity index (χ3v) is 3.89. The largest absolute Gasteiger partial charge is 0.448 e. The van der Waals surface area contributed by atoms with Gasteiger partial charge in [-0.2, -0.15) is 22.0 Å². The predicted octanol–water partition coefficient (Wildman–Crippen LogP) is 3.26. The van der Waals surface area contributed by atoms with Crippen LogP contribution < -0.4 is 10.5 Å². The maximum Gasteiger partial charge on any atom is 0.421 e. The van der Waals surface area contributed by atoms with Crippen LogP contribution in [0.4, 0.5) is 22.0 Å². The van der Waals surface area contributed by atoms with Gasteiger partial charge in [-0.05, 0) is 23.9 Å². The van der Waals surface area contributed by atoms with Crippen molar-refractivity contribution in [1.29, 1.82) is 0 Å².